The summed E-state index contributed by atoms with van der Waals surface area (Å²) in [7, 11) is -1.11. The van der Waals surface area contributed by atoms with Crippen LogP contribution >= 0.6 is 0 Å². The number of benzene rings is 2. The zero-order valence-corrected chi connectivity index (χ0v) is 15.6. The van der Waals surface area contributed by atoms with Crippen molar-refractivity contribution >= 4 is 21.6 Å². The molecule has 25 heavy (non-hydrogen) atoms. The molecule has 2 aromatic carbocycles. The number of anilines is 1. The SMILES string of the molecule is CNC(=O)CN(c1ccc(C)cc1)S(=O)(=O)c1cc(C)ccc1OC. The van der Waals surface area contributed by atoms with Gasteiger partial charge in [-0.1, -0.05) is 23.8 Å². The molecule has 0 bridgehead atoms. The van der Waals surface area contributed by atoms with Crippen LogP contribution in [0.4, 0.5) is 5.69 Å². The number of amides is 1. The van der Waals surface area contributed by atoms with Crippen molar-refractivity contribution < 1.29 is 17.9 Å². The number of methoxy groups -OCH3 is 1. The number of likely N-dealkylation sites (N-methyl/N-ethyl adjacent to an activating group) is 1. The normalized spacial score (nSPS) is 11.0. The van der Waals surface area contributed by atoms with Crippen molar-refractivity contribution in [2.75, 3.05) is 25.0 Å². The van der Waals surface area contributed by atoms with Crippen molar-refractivity contribution in [2.45, 2.75) is 18.7 Å². The Morgan fingerprint density at radius 3 is 2.24 bits per heavy atom. The molecule has 0 atom stereocenters. The van der Waals surface area contributed by atoms with Crippen molar-refractivity contribution in [3.63, 3.8) is 0 Å². The average Bonchev–Trinajstić information content (AvgIpc) is 2.60. The van der Waals surface area contributed by atoms with Gasteiger partial charge in [-0.3, -0.25) is 9.10 Å². The van der Waals surface area contributed by atoms with Crippen LogP contribution in [0.1, 0.15) is 11.1 Å². The van der Waals surface area contributed by atoms with Gasteiger partial charge < -0.3 is 10.1 Å². The first-order valence-electron chi connectivity index (χ1n) is 7.74. The molecule has 1 N–H and O–H groups in total. The van der Waals surface area contributed by atoms with Gasteiger partial charge in [0.2, 0.25) is 5.91 Å². The maximum absolute atomic E-state index is 13.3. The lowest BCUT2D eigenvalue weighted by Crippen LogP contribution is -2.39. The lowest BCUT2D eigenvalue weighted by molar-refractivity contribution is -0.119. The summed E-state index contributed by atoms with van der Waals surface area (Å²) in [6, 6.07) is 11.9. The number of ether oxygens (including phenoxy) is 1. The molecule has 134 valence electrons. The zero-order valence-electron chi connectivity index (χ0n) is 14.7. The topological polar surface area (TPSA) is 75.7 Å². The van der Waals surface area contributed by atoms with E-state index in [1.54, 1.807) is 49.4 Å². The minimum Gasteiger partial charge on any atom is -0.495 e. The molecular formula is C18H22N2O4S. The third-order valence-corrected chi connectivity index (χ3v) is 5.57. The van der Waals surface area contributed by atoms with Gasteiger partial charge in [-0.25, -0.2) is 8.42 Å². The second-order valence-electron chi connectivity index (χ2n) is 5.67. The largest absolute Gasteiger partial charge is 0.495 e. The monoisotopic (exact) mass is 362 g/mol. The number of carbonyl (C=O) groups excluding carboxylic acids is 1. The Hall–Kier alpha value is -2.54. The molecule has 7 heteroatoms. The first-order valence-corrected chi connectivity index (χ1v) is 9.18. The van der Waals surface area contributed by atoms with Gasteiger partial charge in [-0.05, 0) is 43.7 Å². The Morgan fingerprint density at radius 1 is 1.08 bits per heavy atom. The molecule has 2 rings (SSSR count). The van der Waals surface area contributed by atoms with Crippen LogP contribution in [0.15, 0.2) is 47.4 Å². The highest BCUT2D eigenvalue weighted by Crippen LogP contribution is 2.30. The van der Waals surface area contributed by atoms with Crippen molar-refractivity contribution in [2.24, 2.45) is 0 Å². The maximum Gasteiger partial charge on any atom is 0.268 e. The van der Waals surface area contributed by atoms with Gasteiger partial charge in [0.1, 0.15) is 17.2 Å². The predicted octanol–water partition coefficient (Wildman–Crippen LogP) is 2.25. The van der Waals surface area contributed by atoms with Gasteiger partial charge in [0.25, 0.3) is 10.0 Å². The van der Waals surface area contributed by atoms with E-state index in [0.29, 0.717) is 5.69 Å². The molecule has 0 saturated heterocycles. The van der Waals surface area contributed by atoms with Gasteiger partial charge in [0.05, 0.1) is 12.8 Å². The fourth-order valence-electron chi connectivity index (χ4n) is 2.34. The standard InChI is InChI=1S/C18H22N2O4S/c1-13-5-8-15(9-6-13)20(12-18(21)19-3)25(22,23)17-11-14(2)7-10-16(17)24-4/h5-11H,12H2,1-4H3,(H,19,21). The number of hydrogen-bond donors (Lipinski definition) is 1. The van der Waals surface area contributed by atoms with Gasteiger partial charge in [0.15, 0.2) is 0 Å². The Kier molecular flexibility index (Phi) is 5.69. The van der Waals surface area contributed by atoms with Crippen molar-refractivity contribution in [3.05, 3.63) is 53.6 Å². The number of sulfonamides is 1. The molecule has 0 fully saturated rings. The Balaban J connectivity index is 2.61. The summed E-state index contributed by atoms with van der Waals surface area (Å²) in [6.07, 6.45) is 0. The summed E-state index contributed by atoms with van der Waals surface area (Å²) in [5.74, 6) is -0.171. The van der Waals surface area contributed by atoms with Crippen LogP contribution in [0.25, 0.3) is 0 Å². The molecule has 0 aliphatic carbocycles. The molecule has 0 aromatic heterocycles. The second kappa shape index (κ2) is 7.57. The summed E-state index contributed by atoms with van der Waals surface area (Å²) >= 11 is 0. The summed E-state index contributed by atoms with van der Waals surface area (Å²) in [4.78, 5) is 11.9. The minimum atomic E-state index is -3.99. The molecule has 0 aliphatic rings. The molecular weight excluding hydrogens is 340 g/mol. The molecule has 0 spiro atoms. The van der Waals surface area contributed by atoms with Gasteiger partial charge >= 0.3 is 0 Å². The zero-order chi connectivity index (χ0) is 18.6. The third kappa shape index (κ3) is 4.11. The summed E-state index contributed by atoms with van der Waals surface area (Å²) in [5, 5.41) is 2.46. The highest BCUT2D eigenvalue weighted by Gasteiger charge is 2.29. The summed E-state index contributed by atoms with van der Waals surface area (Å²) in [5.41, 5.74) is 2.19. The van der Waals surface area contributed by atoms with Crippen molar-refractivity contribution in [1.82, 2.24) is 5.32 Å². The third-order valence-electron chi connectivity index (χ3n) is 3.78. The van der Waals surface area contributed by atoms with E-state index in [4.69, 9.17) is 4.74 Å². The smallest absolute Gasteiger partial charge is 0.268 e. The van der Waals surface area contributed by atoms with Crippen molar-refractivity contribution in [1.29, 1.82) is 0 Å². The Bertz CT molecular complexity index is 861. The highest BCUT2D eigenvalue weighted by atomic mass is 32.2. The fourth-order valence-corrected chi connectivity index (χ4v) is 4.00. The van der Waals surface area contributed by atoms with Crippen LogP contribution in [0, 0.1) is 13.8 Å². The quantitative estimate of drug-likeness (QED) is 0.855. The summed E-state index contributed by atoms with van der Waals surface area (Å²) < 4.78 is 32.8. The highest BCUT2D eigenvalue weighted by molar-refractivity contribution is 7.93. The fraction of sp³-hybridized carbons (Fsp3) is 0.278. The molecule has 1 amide bonds. The molecule has 6 nitrogen and oxygen atoms in total. The number of nitrogens with one attached hydrogen (secondary N) is 1. The Labute approximate surface area is 148 Å². The average molecular weight is 362 g/mol. The summed E-state index contributed by atoms with van der Waals surface area (Å²) in [6.45, 7) is 3.39. The van der Waals surface area contributed by atoms with E-state index in [1.807, 2.05) is 6.92 Å². The van der Waals surface area contributed by atoms with Crippen LogP contribution in [0.2, 0.25) is 0 Å². The Morgan fingerprint density at radius 2 is 1.68 bits per heavy atom. The van der Waals surface area contributed by atoms with Gasteiger partial charge in [-0.2, -0.15) is 0 Å². The van der Waals surface area contributed by atoms with E-state index in [0.717, 1.165) is 15.4 Å². The number of aryl methyl sites for hydroxylation is 2. The first-order chi connectivity index (χ1) is 11.8. The van der Waals surface area contributed by atoms with E-state index in [1.165, 1.54) is 14.2 Å². The van der Waals surface area contributed by atoms with E-state index >= 15 is 0 Å². The number of nitrogens with zero attached hydrogens (tertiary/aromatic N) is 1. The van der Waals surface area contributed by atoms with Crippen LogP contribution < -0.4 is 14.4 Å². The maximum atomic E-state index is 13.3. The number of hydrogen-bond acceptors (Lipinski definition) is 4. The van der Waals surface area contributed by atoms with Crippen LogP contribution in [0.5, 0.6) is 5.75 Å². The van der Waals surface area contributed by atoms with Gasteiger partial charge in [0, 0.05) is 7.05 Å². The van der Waals surface area contributed by atoms with Crippen LogP contribution in [-0.2, 0) is 14.8 Å². The van der Waals surface area contributed by atoms with E-state index < -0.39 is 15.9 Å². The molecule has 0 aliphatic heterocycles. The molecule has 0 unspecified atom stereocenters. The van der Waals surface area contributed by atoms with Crippen LogP contribution in [0.3, 0.4) is 0 Å². The van der Waals surface area contributed by atoms with Gasteiger partial charge in [-0.15, -0.1) is 0 Å². The van der Waals surface area contributed by atoms with Crippen LogP contribution in [-0.4, -0.2) is 35.0 Å². The molecule has 0 heterocycles. The predicted molar refractivity (Wildman–Crippen MR) is 97.5 cm³/mol. The minimum absolute atomic E-state index is 0.0273. The van der Waals surface area contributed by atoms with E-state index in [2.05, 4.69) is 5.32 Å². The second-order valence-corrected chi connectivity index (χ2v) is 7.51. The molecule has 2 aromatic rings. The van der Waals surface area contributed by atoms with E-state index in [-0.39, 0.29) is 17.2 Å². The lowest BCUT2D eigenvalue weighted by atomic mass is 10.2. The molecule has 0 radical (unpaired) electrons. The van der Waals surface area contributed by atoms with Crippen molar-refractivity contribution in [3.8, 4) is 5.75 Å². The van der Waals surface area contributed by atoms with E-state index in [9.17, 15) is 13.2 Å². The number of carbonyl (C=O) groups is 1. The molecule has 0 saturated carbocycles. The number of rotatable bonds is 6. The lowest BCUT2D eigenvalue weighted by Gasteiger charge is -2.25. The first kappa shape index (κ1) is 18.8.